The van der Waals surface area contributed by atoms with E-state index in [2.05, 4.69) is 17.3 Å². The zero-order chi connectivity index (χ0) is 15.0. The molecule has 1 aromatic rings. The average molecular weight is 308 g/mol. The van der Waals surface area contributed by atoms with Crippen LogP contribution in [-0.2, 0) is 0 Å². The van der Waals surface area contributed by atoms with Crippen molar-refractivity contribution in [3.8, 4) is 0 Å². The predicted octanol–water partition coefficient (Wildman–Crippen LogP) is 3.35. The van der Waals surface area contributed by atoms with E-state index < -0.39 is 0 Å². The first-order chi connectivity index (χ1) is 10.1. The van der Waals surface area contributed by atoms with Gasteiger partial charge in [0.1, 0.15) is 0 Å². The first-order valence-corrected chi connectivity index (χ1v) is 7.97. The van der Waals surface area contributed by atoms with Gasteiger partial charge in [0, 0.05) is 25.2 Å². The summed E-state index contributed by atoms with van der Waals surface area (Å²) in [6.45, 7) is 3.59. The van der Waals surface area contributed by atoms with Crippen LogP contribution in [0.4, 0.5) is 10.5 Å². The van der Waals surface area contributed by atoms with Gasteiger partial charge in [-0.05, 0) is 44.9 Å². The molecule has 2 saturated heterocycles. The van der Waals surface area contributed by atoms with Gasteiger partial charge in [-0.25, -0.2) is 4.79 Å². The molecule has 2 fully saturated rings. The molecule has 2 heterocycles. The number of rotatable bonds is 1. The lowest BCUT2D eigenvalue weighted by molar-refractivity contribution is 0.200. The number of para-hydroxylation sites is 1. The number of nitrogens with one attached hydrogen (secondary N) is 1. The Labute approximate surface area is 131 Å². The number of hydrogen-bond acceptors (Lipinski definition) is 2. The standard InChI is InChI=1S/C16H22ClN3O/c1-11-4-3-5-14(17)15(11)18-16(21)20-9-8-12-6-7-13(10-20)19(12)2/h3-5,12-13H,6-10H2,1-2H3,(H,18,21). The molecule has 1 aromatic carbocycles. The van der Waals surface area contributed by atoms with E-state index in [-0.39, 0.29) is 6.03 Å². The highest BCUT2D eigenvalue weighted by Crippen LogP contribution is 2.30. The fourth-order valence-electron chi connectivity index (χ4n) is 3.47. The third-order valence-electron chi connectivity index (χ3n) is 4.89. The Balaban J connectivity index is 1.71. The highest BCUT2D eigenvalue weighted by atomic mass is 35.5. The van der Waals surface area contributed by atoms with Crippen LogP contribution in [0.2, 0.25) is 5.02 Å². The van der Waals surface area contributed by atoms with Gasteiger partial charge in [0.25, 0.3) is 0 Å². The monoisotopic (exact) mass is 307 g/mol. The lowest BCUT2D eigenvalue weighted by atomic mass is 10.1. The summed E-state index contributed by atoms with van der Waals surface area (Å²) >= 11 is 6.19. The number of likely N-dealkylation sites (N-methyl/N-ethyl adjacent to an activating group) is 1. The average Bonchev–Trinajstić information content (AvgIpc) is 2.67. The fraction of sp³-hybridized carbons (Fsp3) is 0.562. The minimum Gasteiger partial charge on any atom is -0.323 e. The van der Waals surface area contributed by atoms with Crippen LogP contribution in [0.1, 0.15) is 24.8 Å². The van der Waals surface area contributed by atoms with Crippen LogP contribution in [0.5, 0.6) is 0 Å². The van der Waals surface area contributed by atoms with Crippen molar-refractivity contribution in [2.24, 2.45) is 0 Å². The number of hydrogen-bond donors (Lipinski definition) is 1. The Morgan fingerprint density at radius 3 is 2.81 bits per heavy atom. The van der Waals surface area contributed by atoms with E-state index in [4.69, 9.17) is 11.6 Å². The van der Waals surface area contributed by atoms with Crippen LogP contribution in [0, 0.1) is 6.92 Å². The van der Waals surface area contributed by atoms with E-state index in [1.54, 1.807) is 0 Å². The quantitative estimate of drug-likeness (QED) is 0.863. The Morgan fingerprint density at radius 1 is 1.29 bits per heavy atom. The largest absolute Gasteiger partial charge is 0.323 e. The number of halogens is 1. The molecule has 2 atom stereocenters. The summed E-state index contributed by atoms with van der Waals surface area (Å²) in [4.78, 5) is 16.9. The van der Waals surface area contributed by atoms with Gasteiger partial charge in [0.2, 0.25) is 0 Å². The number of anilines is 1. The second-order valence-electron chi connectivity index (χ2n) is 6.15. The predicted molar refractivity (Wildman–Crippen MR) is 86.0 cm³/mol. The Kier molecular flexibility index (Phi) is 4.09. The van der Waals surface area contributed by atoms with Gasteiger partial charge in [-0.15, -0.1) is 0 Å². The van der Waals surface area contributed by atoms with Crippen LogP contribution in [-0.4, -0.2) is 48.1 Å². The SMILES string of the molecule is Cc1cccc(Cl)c1NC(=O)N1CCC2CCC(C1)N2C. The minimum absolute atomic E-state index is 0.0350. The Bertz CT molecular complexity index is 528. The summed E-state index contributed by atoms with van der Waals surface area (Å²) in [5, 5.41) is 3.58. The summed E-state index contributed by atoms with van der Waals surface area (Å²) < 4.78 is 0. The second kappa shape index (κ2) is 5.85. The Hall–Kier alpha value is -1.26. The van der Waals surface area contributed by atoms with Crippen molar-refractivity contribution >= 4 is 23.3 Å². The first kappa shape index (κ1) is 14.7. The normalized spacial score (nSPS) is 25.8. The topological polar surface area (TPSA) is 35.6 Å². The van der Waals surface area contributed by atoms with E-state index in [1.807, 2.05) is 30.0 Å². The fourth-order valence-corrected chi connectivity index (χ4v) is 3.74. The maximum absolute atomic E-state index is 12.5. The van der Waals surface area contributed by atoms with E-state index in [1.165, 1.54) is 12.8 Å². The molecule has 2 aliphatic heterocycles. The van der Waals surface area contributed by atoms with E-state index in [9.17, 15) is 4.79 Å². The van der Waals surface area contributed by atoms with Crippen LogP contribution in [0.15, 0.2) is 18.2 Å². The van der Waals surface area contributed by atoms with Gasteiger partial charge in [-0.2, -0.15) is 0 Å². The molecular formula is C16H22ClN3O. The molecule has 2 unspecified atom stereocenters. The van der Waals surface area contributed by atoms with Crippen molar-refractivity contribution in [2.45, 2.75) is 38.3 Å². The molecule has 2 amide bonds. The summed E-state index contributed by atoms with van der Waals surface area (Å²) in [5.74, 6) is 0. The molecule has 2 bridgehead atoms. The number of likely N-dealkylation sites (tertiary alicyclic amines) is 1. The van der Waals surface area contributed by atoms with Crippen LogP contribution >= 0.6 is 11.6 Å². The third-order valence-corrected chi connectivity index (χ3v) is 5.20. The molecule has 0 aromatic heterocycles. The van der Waals surface area contributed by atoms with Crippen molar-refractivity contribution in [2.75, 3.05) is 25.5 Å². The first-order valence-electron chi connectivity index (χ1n) is 7.59. The van der Waals surface area contributed by atoms with Gasteiger partial charge >= 0.3 is 6.03 Å². The summed E-state index contributed by atoms with van der Waals surface area (Å²) in [6.07, 6.45) is 3.51. The highest BCUT2D eigenvalue weighted by Gasteiger charge is 2.36. The molecule has 2 aliphatic rings. The van der Waals surface area contributed by atoms with Crippen LogP contribution in [0.25, 0.3) is 0 Å². The summed E-state index contributed by atoms with van der Waals surface area (Å²) in [6, 6.07) is 6.76. The zero-order valence-electron chi connectivity index (χ0n) is 12.6. The molecule has 1 N–H and O–H groups in total. The van der Waals surface area contributed by atoms with Crippen LogP contribution in [0.3, 0.4) is 0 Å². The molecule has 5 heteroatoms. The van der Waals surface area contributed by atoms with Gasteiger partial charge in [0.15, 0.2) is 0 Å². The molecule has 0 aliphatic carbocycles. The third kappa shape index (κ3) is 2.87. The number of nitrogens with zero attached hydrogens (tertiary/aromatic N) is 2. The van der Waals surface area contributed by atoms with Gasteiger partial charge in [-0.3, -0.25) is 4.90 Å². The summed E-state index contributed by atoms with van der Waals surface area (Å²) in [5.41, 5.74) is 1.72. The molecule has 114 valence electrons. The molecule has 4 nitrogen and oxygen atoms in total. The molecule has 21 heavy (non-hydrogen) atoms. The van der Waals surface area contributed by atoms with Gasteiger partial charge in [-0.1, -0.05) is 23.7 Å². The Morgan fingerprint density at radius 2 is 2.05 bits per heavy atom. The van der Waals surface area contributed by atoms with Crippen molar-refractivity contribution < 1.29 is 4.79 Å². The summed E-state index contributed by atoms with van der Waals surface area (Å²) in [7, 11) is 2.18. The van der Waals surface area contributed by atoms with E-state index in [0.29, 0.717) is 17.1 Å². The van der Waals surface area contributed by atoms with Gasteiger partial charge < -0.3 is 10.2 Å². The zero-order valence-corrected chi connectivity index (χ0v) is 13.4. The van der Waals surface area contributed by atoms with Crippen LogP contribution < -0.4 is 5.32 Å². The minimum atomic E-state index is -0.0350. The highest BCUT2D eigenvalue weighted by molar-refractivity contribution is 6.33. The number of aryl methyl sites for hydroxylation is 1. The number of benzene rings is 1. The molecular weight excluding hydrogens is 286 g/mol. The van der Waals surface area contributed by atoms with E-state index >= 15 is 0 Å². The lowest BCUT2D eigenvalue weighted by Gasteiger charge is -2.26. The number of amides is 2. The number of urea groups is 1. The second-order valence-corrected chi connectivity index (χ2v) is 6.55. The molecule has 0 saturated carbocycles. The molecule has 0 radical (unpaired) electrons. The molecule has 0 spiro atoms. The van der Waals surface area contributed by atoms with Gasteiger partial charge in [0.05, 0.1) is 10.7 Å². The van der Waals surface area contributed by atoms with Crippen molar-refractivity contribution in [3.63, 3.8) is 0 Å². The van der Waals surface area contributed by atoms with Crippen molar-refractivity contribution in [3.05, 3.63) is 28.8 Å². The smallest absolute Gasteiger partial charge is 0.321 e. The maximum atomic E-state index is 12.5. The van der Waals surface area contributed by atoms with Crippen molar-refractivity contribution in [1.82, 2.24) is 9.80 Å². The number of carbonyl (C=O) groups excluding carboxylic acids is 1. The molecule has 3 rings (SSSR count). The lowest BCUT2D eigenvalue weighted by Crippen LogP contribution is -2.41. The number of fused-ring (bicyclic) bond motifs is 2. The van der Waals surface area contributed by atoms with E-state index in [0.717, 1.165) is 30.8 Å². The maximum Gasteiger partial charge on any atom is 0.321 e. The van der Waals surface area contributed by atoms with Crippen molar-refractivity contribution in [1.29, 1.82) is 0 Å². The number of carbonyl (C=O) groups is 1.